The van der Waals surface area contributed by atoms with Gasteiger partial charge in [0.25, 0.3) is 0 Å². The Hall–Kier alpha value is -0.760. The van der Waals surface area contributed by atoms with Gasteiger partial charge in [-0.1, -0.05) is 257 Å². The molecule has 2 atom stereocenters. The number of phosphoric acid groups is 1. The van der Waals surface area contributed by atoms with E-state index in [0.29, 0.717) is 13.0 Å². The molecule has 376 valence electrons. The smallest absolute Gasteiger partial charge is 0.457 e. The Bertz CT molecular complexity index is 982. The molecule has 0 heterocycles. The van der Waals surface area contributed by atoms with Crippen LogP contribution < -0.4 is 5.73 Å². The Labute approximate surface area is 392 Å². The number of unbranched alkanes of at least 4 members (excludes halogenated alkanes) is 39. The average molecular weight is 914 g/mol. The molecule has 9 heteroatoms. The number of esters is 1. The highest BCUT2D eigenvalue weighted by atomic mass is 31.2. The highest BCUT2D eigenvalue weighted by Gasteiger charge is 2.25. The van der Waals surface area contributed by atoms with E-state index in [1.54, 1.807) is 0 Å². The molecule has 63 heavy (non-hydrogen) atoms. The number of allylic oxidation sites excluding steroid dienone is 2. The fourth-order valence-electron chi connectivity index (χ4n) is 8.35. The van der Waals surface area contributed by atoms with Crippen molar-refractivity contribution in [3.63, 3.8) is 0 Å². The zero-order chi connectivity index (χ0) is 45.8. The van der Waals surface area contributed by atoms with Crippen molar-refractivity contribution in [3.05, 3.63) is 12.2 Å². The molecule has 0 aromatic heterocycles. The second-order valence-corrected chi connectivity index (χ2v) is 20.3. The van der Waals surface area contributed by atoms with Gasteiger partial charge in [0.2, 0.25) is 0 Å². The molecule has 0 fully saturated rings. The Kier molecular flexibility index (Phi) is 51.6. The summed E-state index contributed by atoms with van der Waals surface area (Å²) in [5.74, 6) is -0.325. The molecule has 0 saturated heterocycles. The van der Waals surface area contributed by atoms with Gasteiger partial charge in [-0.15, -0.1) is 0 Å². The Morgan fingerprint density at radius 1 is 0.460 bits per heavy atom. The molecule has 0 saturated carbocycles. The van der Waals surface area contributed by atoms with Crippen LogP contribution in [0, 0.1) is 0 Å². The Morgan fingerprint density at radius 3 is 1.16 bits per heavy atom. The lowest BCUT2D eigenvalue weighted by atomic mass is 10.0. The maximum absolute atomic E-state index is 12.7. The first-order chi connectivity index (χ1) is 30.9. The van der Waals surface area contributed by atoms with Gasteiger partial charge in [-0.05, 0) is 38.5 Å². The largest absolute Gasteiger partial charge is 0.472 e. The number of ether oxygens (including phenoxy) is 2. The van der Waals surface area contributed by atoms with Crippen molar-refractivity contribution in [1.29, 1.82) is 0 Å². The molecule has 0 aliphatic carbocycles. The first-order valence-electron chi connectivity index (χ1n) is 27.7. The molecular weight excluding hydrogens is 806 g/mol. The minimum atomic E-state index is -4.28. The quantitative estimate of drug-likeness (QED) is 0.0268. The van der Waals surface area contributed by atoms with Gasteiger partial charge in [0.05, 0.1) is 19.8 Å². The lowest BCUT2D eigenvalue weighted by Gasteiger charge is -2.20. The number of hydrogen-bond acceptors (Lipinski definition) is 7. The summed E-state index contributed by atoms with van der Waals surface area (Å²) in [6.45, 7) is 5.00. The maximum Gasteiger partial charge on any atom is 0.472 e. The number of rotatable bonds is 54. The first kappa shape index (κ1) is 62.2. The molecular formula is C54H108NO7P. The van der Waals surface area contributed by atoms with Crippen LogP contribution in [0.15, 0.2) is 12.2 Å². The monoisotopic (exact) mass is 914 g/mol. The maximum atomic E-state index is 12.7. The molecule has 0 spiro atoms. The summed E-state index contributed by atoms with van der Waals surface area (Å²) in [5, 5.41) is 0. The zero-order valence-electron chi connectivity index (χ0n) is 42.1. The number of carbonyl (C=O) groups excluding carboxylic acids is 1. The highest BCUT2D eigenvalue weighted by molar-refractivity contribution is 7.47. The molecule has 0 radical (unpaired) electrons. The third kappa shape index (κ3) is 52.1. The number of nitrogens with two attached hydrogens (primary N) is 1. The lowest BCUT2D eigenvalue weighted by Crippen LogP contribution is -2.28. The third-order valence-electron chi connectivity index (χ3n) is 12.4. The molecule has 0 aromatic rings. The van der Waals surface area contributed by atoms with E-state index in [2.05, 4.69) is 26.0 Å². The van der Waals surface area contributed by atoms with Crippen molar-refractivity contribution >= 4 is 13.8 Å². The minimum absolute atomic E-state index is 0.0919. The van der Waals surface area contributed by atoms with Crippen molar-refractivity contribution in [2.75, 3.05) is 33.0 Å². The minimum Gasteiger partial charge on any atom is -0.457 e. The van der Waals surface area contributed by atoms with E-state index in [-0.39, 0.29) is 32.3 Å². The van der Waals surface area contributed by atoms with Gasteiger partial charge in [0.1, 0.15) is 6.10 Å². The second-order valence-electron chi connectivity index (χ2n) is 18.8. The number of phosphoric ester groups is 1. The van der Waals surface area contributed by atoms with E-state index < -0.39 is 13.9 Å². The summed E-state index contributed by atoms with van der Waals surface area (Å²) in [6, 6.07) is 0. The van der Waals surface area contributed by atoms with Gasteiger partial charge >= 0.3 is 13.8 Å². The van der Waals surface area contributed by atoms with Crippen molar-refractivity contribution in [2.45, 2.75) is 296 Å². The van der Waals surface area contributed by atoms with Crippen molar-refractivity contribution in [2.24, 2.45) is 5.73 Å². The summed E-state index contributed by atoms with van der Waals surface area (Å²) in [5.41, 5.74) is 5.40. The van der Waals surface area contributed by atoms with E-state index in [1.807, 2.05) is 0 Å². The van der Waals surface area contributed by atoms with E-state index in [4.69, 9.17) is 24.3 Å². The number of carbonyl (C=O) groups is 1. The molecule has 0 aliphatic heterocycles. The SMILES string of the molecule is CCCCCCCCCC/C=C\CCCCCCCCCCCC(=O)OC(COCCCCCCCCCCCCCCCCCCCCCCCCC)COP(=O)(O)OCCN. The third-order valence-corrected chi connectivity index (χ3v) is 13.4. The van der Waals surface area contributed by atoms with Gasteiger partial charge in [-0.2, -0.15) is 0 Å². The van der Waals surface area contributed by atoms with Crippen LogP contribution >= 0.6 is 7.82 Å². The molecule has 0 rings (SSSR count). The van der Waals surface area contributed by atoms with Crippen LogP contribution in [0.5, 0.6) is 0 Å². The van der Waals surface area contributed by atoms with E-state index in [9.17, 15) is 14.3 Å². The molecule has 0 aromatic carbocycles. The van der Waals surface area contributed by atoms with E-state index in [0.717, 1.165) is 32.1 Å². The van der Waals surface area contributed by atoms with Gasteiger partial charge in [-0.25, -0.2) is 4.57 Å². The van der Waals surface area contributed by atoms with Crippen LogP contribution in [0.1, 0.15) is 290 Å². The lowest BCUT2D eigenvalue weighted by molar-refractivity contribution is -0.154. The zero-order valence-corrected chi connectivity index (χ0v) is 43.0. The van der Waals surface area contributed by atoms with E-state index >= 15 is 0 Å². The van der Waals surface area contributed by atoms with Gasteiger partial charge in [0.15, 0.2) is 0 Å². The normalized spacial score (nSPS) is 13.3. The number of hydrogen-bond donors (Lipinski definition) is 2. The first-order valence-corrected chi connectivity index (χ1v) is 29.2. The van der Waals surface area contributed by atoms with Crippen LogP contribution in [0.3, 0.4) is 0 Å². The summed E-state index contributed by atoms with van der Waals surface area (Å²) in [7, 11) is -4.28. The standard InChI is InChI=1S/C54H108NO7P/c1-3-5-7-9-11-13-15-17-19-21-23-25-26-28-30-32-34-36-38-40-42-44-46-49-59-51-53(52-61-63(57,58)60-50-48-55)62-54(56)47-45-43-41-39-37-35-33-31-29-27-24-22-20-18-16-14-12-10-8-6-4-2/h22,24,53H,3-21,23,25-52,55H2,1-2H3,(H,57,58)/b24-22-. The molecule has 0 bridgehead atoms. The Balaban J connectivity index is 3.86. The molecule has 0 aliphatic rings. The summed E-state index contributed by atoms with van der Waals surface area (Å²) in [6.07, 6.45) is 59.7. The van der Waals surface area contributed by atoms with Gasteiger partial charge < -0.3 is 20.1 Å². The second kappa shape index (κ2) is 52.2. The van der Waals surface area contributed by atoms with Crippen molar-refractivity contribution < 1.29 is 32.8 Å². The fourth-order valence-corrected chi connectivity index (χ4v) is 9.11. The summed E-state index contributed by atoms with van der Waals surface area (Å²) < 4.78 is 33.7. The highest BCUT2D eigenvalue weighted by Crippen LogP contribution is 2.43. The Morgan fingerprint density at radius 2 is 0.794 bits per heavy atom. The molecule has 3 N–H and O–H groups in total. The van der Waals surface area contributed by atoms with E-state index in [1.165, 1.54) is 238 Å². The molecule has 0 amide bonds. The predicted molar refractivity (Wildman–Crippen MR) is 271 cm³/mol. The average Bonchev–Trinajstić information content (AvgIpc) is 3.28. The van der Waals surface area contributed by atoms with Crippen molar-refractivity contribution in [1.82, 2.24) is 0 Å². The van der Waals surface area contributed by atoms with Crippen LogP contribution in [0.2, 0.25) is 0 Å². The van der Waals surface area contributed by atoms with Gasteiger partial charge in [0, 0.05) is 19.6 Å². The summed E-state index contributed by atoms with van der Waals surface area (Å²) in [4.78, 5) is 22.6. The van der Waals surface area contributed by atoms with Crippen LogP contribution in [0.4, 0.5) is 0 Å². The fraction of sp³-hybridized carbons (Fsp3) is 0.944. The summed E-state index contributed by atoms with van der Waals surface area (Å²) >= 11 is 0. The van der Waals surface area contributed by atoms with Crippen LogP contribution in [-0.4, -0.2) is 49.9 Å². The van der Waals surface area contributed by atoms with Crippen LogP contribution in [0.25, 0.3) is 0 Å². The van der Waals surface area contributed by atoms with Gasteiger partial charge in [-0.3, -0.25) is 13.8 Å². The van der Waals surface area contributed by atoms with Crippen molar-refractivity contribution in [3.8, 4) is 0 Å². The van der Waals surface area contributed by atoms with Crippen LogP contribution in [-0.2, 0) is 27.9 Å². The molecule has 8 nitrogen and oxygen atoms in total. The predicted octanol–water partition coefficient (Wildman–Crippen LogP) is 17.4. The molecule has 2 unspecified atom stereocenters. The topological polar surface area (TPSA) is 117 Å².